The van der Waals surface area contributed by atoms with E-state index in [2.05, 4.69) is 0 Å². The summed E-state index contributed by atoms with van der Waals surface area (Å²) in [5, 5.41) is 6.70. The maximum Gasteiger partial charge on any atom is 0.0185 e. The van der Waals surface area contributed by atoms with Gasteiger partial charge >= 0.3 is 0 Å². The van der Waals surface area contributed by atoms with Crippen molar-refractivity contribution < 1.29 is 4.21 Å². The summed E-state index contributed by atoms with van der Waals surface area (Å²) >= 11 is 0. The average Bonchev–Trinajstić information content (AvgIpc) is 1.31. The van der Waals surface area contributed by atoms with Crippen LogP contribution in [0.2, 0.25) is 0 Å². The number of rotatable bonds is 0. The fraction of sp³-hybridized carbons (Fsp3) is 1.00. The Morgan fingerprint density at radius 1 is 1.43 bits per heavy atom. The zero-order valence-corrected chi connectivity index (χ0v) is 5.63. The highest BCUT2D eigenvalue weighted by Crippen LogP contribution is 2.09. The molecule has 0 aliphatic heterocycles. The number of nitrogens with one attached hydrogen (secondary N) is 1. The molecule has 0 aromatic rings. The van der Waals surface area contributed by atoms with E-state index in [1.807, 2.05) is 0 Å². The topological polar surface area (TPSA) is 40.9 Å². The predicted octanol–water partition coefficient (Wildman–Crippen LogP) is 1.50. The molecule has 0 spiro atoms. The van der Waals surface area contributed by atoms with Crippen LogP contribution in [0.3, 0.4) is 0 Å². The molecule has 0 aliphatic carbocycles. The molecule has 7 heavy (non-hydrogen) atoms. The molecule has 0 saturated carbocycles. The van der Waals surface area contributed by atoms with Crippen molar-refractivity contribution in [1.29, 1.82) is 0 Å². The standard InChI is InChI=1S/C4H10NOS/c1-4(2,3)7(5)6/h5H,1-3H3/q-1/t7-/m0/s1. The summed E-state index contributed by atoms with van der Waals surface area (Å²) in [6.07, 6.45) is 0. The van der Waals surface area contributed by atoms with E-state index in [9.17, 15) is 4.21 Å². The Hall–Kier alpha value is 0.110. The summed E-state index contributed by atoms with van der Waals surface area (Å²) in [6.45, 7) is 5.32. The smallest absolute Gasteiger partial charge is 0.0185 e. The molecule has 0 aromatic heterocycles. The lowest BCUT2D eigenvalue weighted by molar-refractivity contribution is 0.656. The van der Waals surface area contributed by atoms with Gasteiger partial charge in [0.1, 0.15) is 0 Å². The molecular weight excluding hydrogens is 110 g/mol. The van der Waals surface area contributed by atoms with Gasteiger partial charge in [-0.25, -0.2) is 0 Å². The van der Waals surface area contributed by atoms with Gasteiger partial charge in [-0.15, -0.1) is 0 Å². The minimum atomic E-state index is -1.43. The molecule has 3 heteroatoms. The SMILES string of the molecule is CC(C)(C)[S@@]([NH-])=O. The highest BCUT2D eigenvalue weighted by atomic mass is 32.2. The van der Waals surface area contributed by atoms with Crippen LogP contribution in [0.25, 0.3) is 5.14 Å². The third kappa shape index (κ3) is 2.76. The second-order valence-electron chi connectivity index (χ2n) is 2.38. The minimum absolute atomic E-state index is 0.361. The molecule has 0 fully saturated rings. The molecule has 0 heterocycles. The van der Waals surface area contributed by atoms with Gasteiger partial charge in [0.05, 0.1) is 0 Å². The zero-order chi connectivity index (χ0) is 6.08. The molecule has 0 saturated heterocycles. The minimum Gasteiger partial charge on any atom is -0.591 e. The van der Waals surface area contributed by atoms with E-state index >= 15 is 0 Å². The molecule has 0 radical (unpaired) electrons. The number of hydrogen-bond acceptors (Lipinski definition) is 1. The van der Waals surface area contributed by atoms with Crippen molar-refractivity contribution in [2.75, 3.05) is 0 Å². The van der Waals surface area contributed by atoms with Crippen LogP contribution < -0.4 is 0 Å². The highest BCUT2D eigenvalue weighted by molar-refractivity contribution is 7.88. The van der Waals surface area contributed by atoms with Gasteiger partial charge in [-0.2, -0.15) is 0 Å². The predicted molar refractivity (Wildman–Crippen MR) is 32.2 cm³/mol. The van der Waals surface area contributed by atoms with E-state index in [0.29, 0.717) is 0 Å². The van der Waals surface area contributed by atoms with Gasteiger partial charge in [-0.3, -0.25) is 4.21 Å². The summed E-state index contributed by atoms with van der Waals surface area (Å²) in [4.78, 5) is 0. The summed E-state index contributed by atoms with van der Waals surface area (Å²) in [5.74, 6) is 0. The van der Waals surface area contributed by atoms with Crippen LogP contribution >= 0.6 is 0 Å². The van der Waals surface area contributed by atoms with Crippen molar-refractivity contribution in [1.82, 2.24) is 0 Å². The largest absolute Gasteiger partial charge is 0.591 e. The van der Waals surface area contributed by atoms with E-state index in [0.717, 1.165) is 0 Å². The second kappa shape index (κ2) is 1.92. The summed E-state index contributed by atoms with van der Waals surface area (Å²) in [5.41, 5.74) is 0. The molecule has 2 nitrogen and oxygen atoms in total. The lowest BCUT2D eigenvalue weighted by Crippen LogP contribution is -2.17. The molecule has 44 valence electrons. The van der Waals surface area contributed by atoms with E-state index in [4.69, 9.17) is 5.14 Å². The normalized spacial score (nSPS) is 16.6. The number of hydrogen-bond donors (Lipinski definition) is 0. The molecule has 0 rings (SSSR count). The summed E-state index contributed by atoms with van der Waals surface area (Å²) in [7, 11) is -1.43. The van der Waals surface area contributed by atoms with Crippen LogP contribution in [0.15, 0.2) is 0 Å². The summed E-state index contributed by atoms with van der Waals surface area (Å²) < 4.78 is 9.88. The molecule has 0 amide bonds. The van der Waals surface area contributed by atoms with Crippen LogP contribution in [-0.4, -0.2) is 8.96 Å². The lowest BCUT2D eigenvalue weighted by atomic mass is 10.3. The van der Waals surface area contributed by atoms with Crippen LogP contribution in [0.4, 0.5) is 0 Å². The maximum absolute atomic E-state index is 10.2. The second-order valence-corrected chi connectivity index (χ2v) is 4.14. The van der Waals surface area contributed by atoms with E-state index in [1.165, 1.54) is 0 Å². The molecule has 0 aromatic carbocycles. The Bertz CT molecular complexity index is 84.2. The van der Waals surface area contributed by atoms with Crippen molar-refractivity contribution in [2.24, 2.45) is 0 Å². The van der Waals surface area contributed by atoms with Crippen LogP contribution in [0.5, 0.6) is 0 Å². The van der Waals surface area contributed by atoms with Gasteiger partial charge in [0.25, 0.3) is 0 Å². The van der Waals surface area contributed by atoms with Crippen molar-refractivity contribution in [3.05, 3.63) is 5.14 Å². The van der Waals surface area contributed by atoms with Crippen molar-refractivity contribution in [3.8, 4) is 0 Å². The fourth-order valence-electron chi connectivity index (χ4n) is 0. The van der Waals surface area contributed by atoms with Crippen molar-refractivity contribution in [3.63, 3.8) is 0 Å². The third-order valence-electron chi connectivity index (χ3n) is 0.556. The Balaban J connectivity index is 3.79. The van der Waals surface area contributed by atoms with Gasteiger partial charge in [-0.1, -0.05) is 31.8 Å². The monoisotopic (exact) mass is 120 g/mol. The molecule has 0 unspecified atom stereocenters. The van der Waals surface area contributed by atoms with Gasteiger partial charge < -0.3 is 5.14 Å². The summed E-state index contributed by atoms with van der Waals surface area (Å²) in [6, 6.07) is 0. The van der Waals surface area contributed by atoms with Crippen LogP contribution in [0.1, 0.15) is 20.8 Å². The third-order valence-corrected chi connectivity index (χ3v) is 1.67. The first-order valence-corrected chi connectivity index (χ1v) is 3.22. The molecule has 0 aliphatic rings. The Labute approximate surface area is 46.7 Å². The van der Waals surface area contributed by atoms with Gasteiger partial charge in [-0.05, 0) is 0 Å². The highest BCUT2D eigenvalue weighted by Gasteiger charge is 2.07. The Kier molecular flexibility index (Phi) is 1.95. The quantitative estimate of drug-likeness (QED) is 0.477. The Morgan fingerprint density at radius 3 is 1.57 bits per heavy atom. The van der Waals surface area contributed by atoms with Gasteiger partial charge in [0.15, 0.2) is 0 Å². The first kappa shape index (κ1) is 7.11. The van der Waals surface area contributed by atoms with Crippen LogP contribution in [0, 0.1) is 0 Å². The van der Waals surface area contributed by atoms with Crippen molar-refractivity contribution >= 4 is 11.0 Å². The van der Waals surface area contributed by atoms with Crippen molar-refractivity contribution in [2.45, 2.75) is 25.5 Å². The van der Waals surface area contributed by atoms with Gasteiger partial charge in [0.2, 0.25) is 0 Å². The average molecular weight is 120 g/mol. The maximum atomic E-state index is 10.2. The van der Waals surface area contributed by atoms with E-state index < -0.39 is 11.0 Å². The molecule has 0 bridgehead atoms. The van der Waals surface area contributed by atoms with Gasteiger partial charge in [0, 0.05) is 4.75 Å². The Morgan fingerprint density at radius 2 is 1.57 bits per heavy atom. The molecular formula is C4H10NOS-. The molecule has 1 atom stereocenters. The molecule has 1 N–H and O–H groups in total. The fourth-order valence-corrected chi connectivity index (χ4v) is 0. The van der Waals surface area contributed by atoms with E-state index in [-0.39, 0.29) is 4.75 Å². The first-order valence-electron chi connectivity index (χ1n) is 2.07. The zero-order valence-electron chi connectivity index (χ0n) is 4.82. The first-order chi connectivity index (χ1) is 2.94. The van der Waals surface area contributed by atoms with E-state index in [1.54, 1.807) is 20.8 Å². The van der Waals surface area contributed by atoms with Crippen LogP contribution in [-0.2, 0) is 11.0 Å². The lowest BCUT2D eigenvalue weighted by Gasteiger charge is -2.19.